The summed E-state index contributed by atoms with van der Waals surface area (Å²) in [7, 11) is 0. The molecule has 7 heteroatoms. The van der Waals surface area contributed by atoms with Gasteiger partial charge in [0.2, 0.25) is 0 Å². The standard InChI is InChI=1S/C23H30F2O4S/c24-23(25)14-19(27)16(8-3-1-2-4-10-22(28)29)17(23)11-12-18(26)21-13-15-7-5-6-9-20(15)30-21/h5-7,9,13,16-19,26-27H,1-4,8,10-12,14H2,(H,28,29)/t16-,17-,18?,19+/m1/s1. The van der Waals surface area contributed by atoms with E-state index in [0.717, 1.165) is 27.8 Å². The van der Waals surface area contributed by atoms with Crippen LogP contribution in [0, 0.1) is 11.8 Å². The molecule has 0 radical (unpaired) electrons. The lowest BCUT2D eigenvalue weighted by Crippen LogP contribution is -2.27. The van der Waals surface area contributed by atoms with E-state index >= 15 is 0 Å². The van der Waals surface area contributed by atoms with Gasteiger partial charge >= 0.3 is 5.97 Å². The number of alkyl halides is 2. The van der Waals surface area contributed by atoms with Crippen molar-refractivity contribution in [2.75, 3.05) is 0 Å². The molecule has 0 bridgehead atoms. The highest BCUT2D eigenvalue weighted by atomic mass is 32.1. The maximum absolute atomic E-state index is 14.5. The van der Waals surface area contributed by atoms with Gasteiger partial charge in [0.15, 0.2) is 0 Å². The maximum Gasteiger partial charge on any atom is 0.303 e. The van der Waals surface area contributed by atoms with E-state index in [-0.39, 0.29) is 19.3 Å². The summed E-state index contributed by atoms with van der Waals surface area (Å²) in [6.45, 7) is 0. The Labute approximate surface area is 179 Å². The van der Waals surface area contributed by atoms with Crippen molar-refractivity contribution in [1.82, 2.24) is 0 Å². The third-order valence-corrected chi connectivity index (χ3v) is 7.45. The van der Waals surface area contributed by atoms with Gasteiger partial charge in [0, 0.05) is 28.3 Å². The summed E-state index contributed by atoms with van der Waals surface area (Å²) in [5.41, 5.74) is 0. The second-order valence-corrected chi connectivity index (χ2v) is 9.54. The highest BCUT2D eigenvalue weighted by molar-refractivity contribution is 7.19. The van der Waals surface area contributed by atoms with Gasteiger partial charge in [-0.3, -0.25) is 4.79 Å². The molecule has 1 heterocycles. The Morgan fingerprint density at radius 2 is 1.90 bits per heavy atom. The number of rotatable bonds is 11. The van der Waals surface area contributed by atoms with E-state index in [1.54, 1.807) is 0 Å². The van der Waals surface area contributed by atoms with Crippen LogP contribution in [0.3, 0.4) is 0 Å². The number of carbonyl (C=O) groups is 1. The number of fused-ring (bicyclic) bond motifs is 1. The van der Waals surface area contributed by atoms with Crippen molar-refractivity contribution in [2.24, 2.45) is 11.8 Å². The number of unbranched alkanes of at least 4 members (excludes halogenated alkanes) is 3. The first-order chi connectivity index (χ1) is 14.3. The van der Waals surface area contributed by atoms with Crippen molar-refractivity contribution in [1.29, 1.82) is 0 Å². The fourth-order valence-electron chi connectivity index (χ4n) is 4.64. The molecule has 4 nitrogen and oxygen atoms in total. The van der Waals surface area contributed by atoms with Gasteiger partial charge < -0.3 is 15.3 Å². The normalized spacial score (nSPS) is 24.3. The van der Waals surface area contributed by atoms with Crippen LogP contribution >= 0.6 is 11.3 Å². The second-order valence-electron chi connectivity index (χ2n) is 8.43. The molecule has 1 aliphatic rings. The summed E-state index contributed by atoms with van der Waals surface area (Å²) in [6.07, 6.45) is 1.54. The SMILES string of the molecule is O=C(O)CCCCCC[C@@H]1[C@@H](CCC(O)c2cc3ccccc3s2)C(F)(F)C[C@@H]1O. The van der Waals surface area contributed by atoms with Crippen LogP contribution in [0.5, 0.6) is 0 Å². The highest BCUT2D eigenvalue weighted by Crippen LogP contribution is 2.49. The number of thiophene rings is 1. The average molecular weight is 441 g/mol. The Morgan fingerprint density at radius 1 is 1.17 bits per heavy atom. The number of hydrogen-bond acceptors (Lipinski definition) is 4. The fourth-order valence-corrected chi connectivity index (χ4v) is 5.72. The molecule has 2 aromatic rings. The zero-order valence-electron chi connectivity index (χ0n) is 17.0. The molecule has 1 aromatic carbocycles. The first kappa shape index (κ1) is 23.1. The summed E-state index contributed by atoms with van der Waals surface area (Å²) in [5, 5.41) is 30.5. The van der Waals surface area contributed by atoms with E-state index in [1.165, 1.54) is 11.3 Å². The monoisotopic (exact) mass is 440 g/mol. The first-order valence-electron chi connectivity index (χ1n) is 10.7. The number of carboxylic acids is 1. The lowest BCUT2D eigenvalue weighted by atomic mass is 9.84. The number of aliphatic hydroxyl groups is 2. The van der Waals surface area contributed by atoms with Crippen LogP contribution in [0.4, 0.5) is 8.78 Å². The molecule has 0 saturated heterocycles. The summed E-state index contributed by atoms with van der Waals surface area (Å²) in [4.78, 5) is 11.3. The van der Waals surface area contributed by atoms with Crippen LogP contribution < -0.4 is 0 Å². The van der Waals surface area contributed by atoms with E-state index in [9.17, 15) is 23.8 Å². The lowest BCUT2D eigenvalue weighted by Gasteiger charge is -2.26. The predicted molar refractivity (Wildman–Crippen MR) is 114 cm³/mol. The van der Waals surface area contributed by atoms with Crippen molar-refractivity contribution in [3.05, 3.63) is 35.2 Å². The van der Waals surface area contributed by atoms with E-state index < -0.39 is 42.4 Å². The Hall–Kier alpha value is -1.57. The smallest absolute Gasteiger partial charge is 0.303 e. The van der Waals surface area contributed by atoms with Crippen molar-refractivity contribution in [2.45, 2.75) is 75.9 Å². The molecule has 1 aliphatic carbocycles. The van der Waals surface area contributed by atoms with Crippen LogP contribution in [0.25, 0.3) is 10.1 Å². The van der Waals surface area contributed by atoms with E-state index in [2.05, 4.69) is 0 Å². The van der Waals surface area contributed by atoms with Gasteiger partial charge in [-0.05, 0) is 49.1 Å². The maximum atomic E-state index is 14.5. The van der Waals surface area contributed by atoms with Gasteiger partial charge in [-0.1, -0.05) is 37.5 Å². The van der Waals surface area contributed by atoms with Gasteiger partial charge in [0.25, 0.3) is 5.92 Å². The summed E-state index contributed by atoms with van der Waals surface area (Å²) < 4.78 is 30.2. The number of aliphatic hydroxyl groups excluding tert-OH is 2. The third-order valence-electron chi connectivity index (χ3n) is 6.24. The van der Waals surface area contributed by atoms with Crippen LogP contribution in [-0.2, 0) is 4.79 Å². The number of hydrogen-bond donors (Lipinski definition) is 3. The van der Waals surface area contributed by atoms with Crippen molar-refractivity contribution < 1.29 is 28.9 Å². The Kier molecular flexibility index (Phi) is 7.82. The van der Waals surface area contributed by atoms with E-state index in [4.69, 9.17) is 5.11 Å². The Balaban J connectivity index is 1.53. The molecule has 0 spiro atoms. The molecule has 0 aliphatic heterocycles. The molecule has 1 fully saturated rings. The van der Waals surface area contributed by atoms with Gasteiger partial charge in [-0.25, -0.2) is 8.78 Å². The topological polar surface area (TPSA) is 77.8 Å². The molecule has 3 N–H and O–H groups in total. The number of halogens is 2. The van der Waals surface area contributed by atoms with Gasteiger partial charge in [0.1, 0.15) is 0 Å². The summed E-state index contributed by atoms with van der Waals surface area (Å²) in [6, 6.07) is 9.72. The van der Waals surface area contributed by atoms with Crippen molar-refractivity contribution in [3.63, 3.8) is 0 Å². The molecule has 1 aromatic heterocycles. The molecule has 0 amide bonds. The predicted octanol–water partition coefficient (Wildman–Crippen LogP) is 5.77. The molecule has 166 valence electrons. The van der Waals surface area contributed by atoms with Gasteiger partial charge in [0.05, 0.1) is 12.2 Å². The Morgan fingerprint density at radius 3 is 2.63 bits per heavy atom. The minimum atomic E-state index is -2.92. The minimum absolute atomic E-state index is 0.127. The molecule has 3 rings (SSSR count). The summed E-state index contributed by atoms with van der Waals surface area (Å²) >= 11 is 1.48. The molecular weight excluding hydrogens is 410 g/mol. The second kappa shape index (κ2) is 10.2. The fraction of sp³-hybridized carbons (Fsp3) is 0.609. The van der Waals surface area contributed by atoms with Gasteiger partial charge in [-0.2, -0.15) is 0 Å². The largest absolute Gasteiger partial charge is 0.481 e. The Bertz CT molecular complexity index is 804. The molecule has 1 unspecified atom stereocenters. The van der Waals surface area contributed by atoms with Crippen molar-refractivity contribution in [3.8, 4) is 0 Å². The minimum Gasteiger partial charge on any atom is -0.481 e. The zero-order chi connectivity index (χ0) is 21.7. The van der Waals surface area contributed by atoms with Gasteiger partial charge in [-0.15, -0.1) is 11.3 Å². The molecule has 1 saturated carbocycles. The lowest BCUT2D eigenvalue weighted by molar-refractivity contribution is -0.137. The average Bonchev–Trinajstić information content (AvgIpc) is 3.20. The van der Waals surface area contributed by atoms with E-state index in [0.29, 0.717) is 19.3 Å². The third kappa shape index (κ3) is 5.77. The first-order valence-corrected chi connectivity index (χ1v) is 11.5. The van der Waals surface area contributed by atoms with Crippen LogP contribution in [0.15, 0.2) is 30.3 Å². The molecular formula is C23H30F2O4S. The van der Waals surface area contributed by atoms with Crippen LogP contribution in [-0.4, -0.2) is 33.3 Å². The van der Waals surface area contributed by atoms with Crippen LogP contribution in [0.2, 0.25) is 0 Å². The summed E-state index contributed by atoms with van der Waals surface area (Å²) in [5.74, 6) is -5.16. The number of aliphatic carboxylic acids is 1. The van der Waals surface area contributed by atoms with Crippen molar-refractivity contribution >= 4 is 27.4 Å². The number of carboxylic acid groups (broad SMARTS) is 1. The molecule has 30 heavy (non-hydrogen) atoms. The number of benzene rings is 1. The molecule has 4 atom stereocenters. The quantitative estimate of drug-likeness (QED) is 0.388. The highest BCUT2D eigenvalue weighted by Gasteiger charge is 2.53. The zero-order valence-corrected chi connectivity index (χ0v) is 17.8. The van der Waals surface area contributed by atoms with Crippen LogP contribution in [0.1, 0.15) is 68.8 Å². The van der Waals surface area contributed by atoms with E-state index in [1.807, 2.05) is 30.3 Å².